The van der Waals surface area contributed by atoms with Gasteiger partial charge >= 0.3 is 0 Å². The molecule has 0 atom stereocenters. The molecular weight excluding hydrogens is 411 g/mol. The highest BCUT2D eigenvalue weighted by atomic mass is 35.5. The zero-order valence-corrected chi connectivity index (χ0v) is 16.5. The molecule has 0 bridgehead atoms. The standard InChI is InChI=1S/C22H14Cl2N2O3/c23-19-7-6-17(22(24)12-19)14-29-21-8-4-15(5-9-21)10-18(13-25)16-2-1-3-20(11-16)26(27)28/h1-12H,14H2/b18-10-. The number of halogens is 2. The van der Waals surface area contributed by atoms with Crippen molar-refractivity contribution in [1.82, 2.24) is 0 Å². The van der Waals surface area contributed by atoms with E-state index in [0.29, 0.717) is 33.5 Å². The van der Waals surface area contributed by atoms with Gasteiger partial charge in [0.2, 0.25) is 0 Å². The van der Waals surface area contributed by atoms with Gasteiger partial charge in [-0.3, -0.25) is 10.1 Å². The van der Waals surface area contributed by atoms with Crippen molar-refractivity contribution in [3.63, 3.8) is 0 Å². The number of nitro benzene ring substituents is 1. The van der Waals surface area contributed by atoms with E-state index >= 15 is 0 Å². The normalized spacial score (nSPS) is 11.0. The minimum atomic E-state index is -0.489. The topological polar surface area (TPSA) is 76.2 Å². The van der Waals surface area contributed by atoms with Gasteiger partial charge in [-0.1, -0.05) is 53.5 Å². The van der Waals surface area contributed by atoms with E-state index in [2.05, 4.69) is 6.07 Å². The summed E-state index contributed by atoms with van der Waals surface area (Å²) < 4.78 is 5.74. The summed E-state index contributed by atoms with van der Waals surface area (Å²) in [7, 11) is 0. The molecule has 0 aliphatic heterocycles. The smallest absolute Gasteiger partial charge is 0.270 e. The second kappa shape index (κ2) is 9.24. The Bertz CT molecular complexity index is 1120. The summed E-state index contributed by atoms with van der Waals surface area (Å²) in [5.74, 6) is 0.641. The van der Waals surface area contributed by atoms with E-state index in [1.54, 1.807) is 60.7 Å². The molecule has 0 saturated carbocycles. The predicted octanol–water partition coefficient (Wildman–Crippen LogP) is 6.54. The number of nitrogens with zero attached hydrogens (tertiary/aromatic N) is 2. The van der Waals surface area contributed by atoms with E-state index in [0.717, 1.165) is 11.1 Å². The maximum Gasteiger partial charge on any atom is 0.270 e. The molecular formula is C22H14Cl2N2O3. The molecule has 0 heterocycles. The molecule has 0 saturated heterocycles. The summed E-state index contributed by atoms with van der Waals surface area (Å²) >= 11 is 12.0. The molecule has 0 N–H and O–H groups in total. The summed E-state index contributed by atoms with van der Waals surface area (Å²) in [4.78, 5) is 10.4. The number of nitriles is 1. The average Bonchev–Trinajstić information content (AvgIpc) is 2.72. The number of nitro groups is 1. The third-order valence-corrected chi connectivity index (χ3v) is 4.68. The van der Waals surface area contributed by atoms with E-state index in [1.807, 2.05) is 0 Å². The number of non-ortho nitro benzene ring substituents is 1. The third kappa shape index (κ3) is 5.35. The Balaban J connectivity index is 1.74. The Morgan fingerprint density at radius 3 is 2.52 bits per heavy atom. The SMILES string of the molecule is N#C/C(=C/c1ccc(OCc2ccc(Cl)cc2Cl)cc1)c1cccc([N+](=O)[O-])c1. The van der Waals surface area contributed by atoms with Gasteiger partial charge in [0.15, 0.2) is 0 Å². The van der Waals surface area contributed by atoms with Crippen LogP contribution in [0.15, 0.2) is 66.7 Å². The van der Waals surface area contributed by atoms with Gasteiger partial charge in [-0.25, -0.2) is 0 Å². The Morgan fingerprint density at radius 2 is 1.86 bits per heavy atom. The zero-order valence-electron chi connectivity index (χ0n) is 15.0. The second-order valence-electron chi connectivity index (χ2n) is 6.07. The van der Waals surface area contributed by atoms with Crippen molar-refractivity contribution < 1.29 is 9.66 Å². The van der Waals surface area contributed by atoms with Crippen LogP contribution in [0.3, 0.4) is 0 Å². The Labute approximate surface area is 177 Å². The largest absolute Gasteiger partial charge is 0.489 e. The summed E-state index contributed by atoms with van der Waals surface area (Å²) in [6.07, 6.45) is 1.67. The number of ether oxygens (including phenoxy) is 1. The van der Waals surface area contributed by atoms with Crippen LogP contribution in [0.2, 0.25) is 10.0 Å². The van der Waals surface area contributed by atoms with Gasteiger partial charge in [0.05, 0.1) is 16.6 Å². The molecule has 3 aromatic rings. The first kappa shape index (κ1) is 20.4. The van der Waals surface area contributed by atoms with Crippen molar-refractivity contribution in [3.8, 4) is 11.8 Å². The lowest BCUT2D eigenvalue weighted by Gasteiger charge is -2.08. The lowest BCUT2D eigenvalue weighted by atomic mass is 10.0. The van der Waals surface area contributed by atoms with Crippen LogP contribution in [0.1, 0.15) is 16.7 Å². The van der Waals surface area contributed by atoms with Gasteiger partial charge in [0, 0.05) is 27.7 Å². The fraction of sp³-hybridized carbons (Fsp3) is 0.0455. The van der Waals surface area contributed by atoms with Crippen LogP contribution in [-0.2, 0) is 6.61 Å². The molecule has 29 heavy (non-hydrogen) atoms. The van der Waals surface area contributed by atoms with Gasteiger partial charge < -0.3 is 4.74 Å². The molecule has 0 fully saturated rings. The van der Waals surface area contributed by atoms with Crippen molar-refractivity contribution in [2.24, 2.45) is 0 Å². The van der Waals surface area contributed by atoms with Crippen molar-refractivity contribution >= 4 is 40.5 Å². The monoisotopic (exact) mass is 424 g/mol. The first-order valence-corrected chi connectivity index (χ1v) is 9.25. The maximum atomic E-state index is 10.9. The number of rotatable bonds is 6. The fourth-order valence-electron chi connectivity index (χ4n) is 2.59. The molecule has 0 unspecified atom stereocenters. The molecule has 3 rings (SSSR count). The van der Waals surface area contributed by atoms with Crippen LogP contribution < -0.4 is 4.74 Å². The minimum Gasteiger partial charge on any atom is -0.489 e. The first-order chi connectivity index (χ1) is 14.0. The van der Waals surface area contributed by atoms with Crippen LogP contribution in [-0.4, -0.2) is 4.92 Å². The Hall–Kier alpha value is -3.33. The molecule has 0 aromatic heterocycles. The van der Waals surface area contributed by atoms with Gasteiger partial charge in [-0.2, -0.15) is 5.26 Å². The molecule has 144 valence electrons. The summed E-state index contributed by atoms with van der Waals surface area (Å²) in [5.41, 5.74) is 2.34. The molecule has 0 aliphatic carbocycles. The zero-order chi connectivity index (χ0) is 20.8. The van der Waals surface area contributed by atoms with Gasteiger partial charge in [0.25, 0.3) is 5.69 Å². The second-order valence-corrected chi connectivity index (χ2v) is 6.91. The predicted molar refractivity (Wildman–Crippen MR) is 114 cm³/mol. The number of hydrogen-bond acceptors (Lipinski definition) is 4. The quantitative estimate of drug-likeness (QED) is 0.194. The molecule has 0 aliphatic rings. The van der Waals surface area contributed by atoms with Crippen LogP contribution >= 0.6 is 23.2 Å². The van der Waals surface area contributed by atoms with Crippen LogP contribution in [0.25, 0.3) is 11.6 Å². The van der Waals surface area contributed by atoms with Gasteiger partial charge in [0.1, 0.15) is 12.4 Å². The lowest BCUT2D eigenvalue weighted by Crippen LogP contribution is -1.96. The Kier molecular flexibility index (Phi) is 6.50. The van der Waals surface area contributed by atoms with Crippen molar-refractivity contribution in [3.05, 3.63) is 104 Å². The molecule has 7 heteroatoms. The van der Waals surface area contributed by atoms with E-state index in [9.17, 15) is 15.4 Å². The average molecular weight is 425 g/mol. The summed E-state index contributed by atoms with van der Waals surface area (Å²) in [6.45, 7) is 0.294. The number of benzene rings is 3. The number of hydrogen-bond donors (Lipinski definition) is 0. The molecule has 5 nitrogen and oxygen atoms in total. The third-order valence-electron chi connectivity index (χ3n) is 4.09. The van der Waals surface area contributed by atoms with Gasteiger partial charge in [-0.05, 0) is 41.5 Å². The lowest BCUT2D eigenvalue weighted by molar-refractivity contribution is -0.384. The highest BCUT2D eigenvalue weighted by Crippen LogP contribution is 2.25. The molecule has 0 amide bonds. The van der Waals surface area contributed by atoms with Crippen molar-refractivity contribution in [2.45, 2.75) is 6.61 Å². The maximum absolute atomic E-state index is 10.9. The van der Waals surface area contributed by atoms with Crippen LogP contribution in [0, 0.1) is 21.4 Å². The minimum absolute atomic E-state index is 0.0618. The van der Waals surface area contributed by atoms with Crippen molar-refractivity contribution in [2.75, 3.05) is 0 Å². The summed E-state index contributed by atoms with van der Waals surface area (Å²) in [6, 6.07) is 20.4. The highest BCUT2D eigenvalue weighted by molar-refractivity contribution is 6.35. The highest BCUT2D eigenvalue weighted by Gasteiger charge is 2.09. The fourth-order valence-corrected chi connectivity index (χ4v) is 3.06. The van der Waals surface area contributed by atoms with Crippen LogP contribution in [0.4, 0.5) is 5.69 Å². The van der Waals surface area contributed by atoms with E-state index in [-0.39, 0.29) is 5.69 Å². The van der Waals surface area contributed by atoms with E-state index in [4.69, 9.17) is 27.9 Å². The van der Waals surface area contributed by atoms with Crippen LogP contribution in [0.5, 0.6) is 5.75 Å². The van der Waals surface area contributed by atoms with Crippen molar-refractivity contribution in [1.29, 1.82) is 5.26 Å². The molecule has 0 spiro atoms. The van der Waals surface area contributed by atoms with Gasteiger partial charge in [-0.15, -0.1) is 0 Å². The first-order valence-electron chi connectivity index (χ1n) is 8.49. The van der Waals surface area contributed by atoms with E-state index < -0.39 is 4.92 Å². The molecule has 0 radical (unpaired) electrons. The summed E-state index contributed by atoms with van der Waals surface area (Å²) in [5, 5.41) is 21.5. The Morgan fingerprint density at radius 1 is 1.10 bits per heavy atom. The number of allylic oxidation sites excluding steroid dienone is 1. The molecule has 3 aromatic carbocycles. The van der Waals surface area contributed by atoms with E-state index in [1.165, 1.54) is 12.1 Å².